The van der Waals surface area contributed by atoms with E-state index in [0.717, 1.165) is 0 Å². The predicted molar refractivity (Wildman–Crippen MR) is 79.4 cm³/mol. The van der Waals surface area contributed by atoms with Gasteiger partial charge in [-0.3, -0.25) is 0 Å². The van der Waals surface area contributed by atoms with Crippen LogP contribution in [-0.4, -0.2) is 11.4 Å². The second-order valence-electron chi connectivity index (χ2n) is 4.78. The zero-order valence-electron chi connectivity index (χ0n) is 11.4. The summed E-state index contributed by atoms with van der Waals surface area (Å²) in [7, 11) is 0. The molecule has 2 aromatic carbocycles. The van der Waals surface area contributed by atoms with Crippen molar-refractivity contribution in [2.24, 2.45) is 5.92 Å². The summed E-state index contributed by atoms with van der Waals surface area (Å²) in [6.07, 6.45) is -0.807. The minimum absolute atomic E-state index is 0.0417. The molecule has 0 saturated heterocycles. The fraction of sp³-hybridized carbons (Fsp3) is 0.250. The van der Waals surface area contributed by atoms with E-state index in [9.17, 15) is 5.11 Å². The van der Waals surface area contributed by atoms with Gasteiger partial charge in [-0.05, 0) is 48.5 Å². The monoisotopic (exact) mass is 292 g/mol. The molecule has 1 unspecified atom stereocenters. The standard InChI is InChI=1S/C16H17ClO3/c1-11(2)16(18)20-15-9-7-14(8-10-15)19-13-5-3-12(17)4-6-13/h3-11,16,18H,1-2H3. The zero-order valence-corrected chi connectivity index (χ0v) is 12.2. The van der Waals surface area contributed by atoms with Crippen LogP contribution in [0.3, 0.4) is 0 Å². The highest BCUT2D eigenvalue weighted by molar-refractivity contribution is 6.30. The first-order valence-electron chi connectivity index (χ1n) is 6.43. The summed E-state index contributed by atoms with van der Waals surface area (Å²) in [5.41, 5.74) is 0. The van der Waals surface area contributed by atoms with Gasteiger partial charge in [0.05, 0.1) is 0 Å². The first kappa shape index (κ1) is 14.7. The summed E-state index contributed by atoms with van der Waals surface area (Å²) in [5.74, 6) is 2.05. The van der Waals surface area contributed by atoms with E-state index in [1.807, 2.05) is 13.8 Å². The van der Waals surface area contributed by atoms with Gasteiger partial charge in [-0.15, -0.1) is 0 Å². The van der Waals surface area contributed by atoms with Gasteiger partial charge in [0, 0.05) is 10.9 Å². The van der Waals surface area contributed by atoms with Crippen molar-refractivity contribution in [1.29, 1.82) is 0 Å². The highest BCUT2D eigenvalue weighted by Crippen LogP contribution is 2.25. The van der Waals surface area contributed by atoms with E-state index >= 15 is 0 Å². The van der Waals surface area contributed by atoms with Gasteiger partial charge in [0.15, 0.2) is 6.29 Å². The highest BCUT2D eigenvalue weighted by atomic mass is 35.5. The van der Waals surface area contributed by atoms with Crippen LogP contribution in [0.5, 0.6) is 17.2 Å². The lowest BCUT2D eigenvalue weighted by Gasteiger charge is -2.16. The van der Waals surface area contributed by atoms with Gasteiger partial charge >= 0.3 is 0 Å². The van der Waals surface area contributed by atoms with Crippen LogP contribution in [0, 0.1) is 5.92 Å². The summed E-state index contributed by atoms with van der Waals surface area (Å²) in [5, 5.41) is 10.3. The lowest BCUT2D eigenvalue weighted by molar-refractivity contribution is -0.0515. The molecule has 0 spiro atoms. The largest absolute Gasteiger partial charge is 0.465 e. The van der Waals surface area contributed by atoms with E-state index in [1.54, 1.807) is 48.5 Å². The molecule has 3 nitrogen and oxygen atoms in total. The Morgan fingerprint density at radius 2 is 1.30 bits per heavy atom. The third-order valence-electron chi connectivity index (χ3n) is 2.70. The molecule has 1 N–H and O–H groups in total. The average molecular weight is 293 g/mol. The maximum Gasteiger partial charge on any atom is 0.199 e. The van der Waals surface area contributed by atoms with Crippen molar-refractivity contribution in [3.05, 3.63) is 53.6 Å². The summed E-state index contributed by atoms with van der Waals surface area (Å²) in [4.78, 5) is 0. The molecule has 0 heterocycles. The number of halogens is 1. The molecule has 20 heavy (non-hydrogen) atoms. The van der Waals surface area contributed by atoms with Crippen LogP contribution in [-0.2, 0) is 0 Å². The van der Waals surface area contributed by atoms with Crippen LogP contribution in [0.2, 0.25) is 5.02 Å². The molecule has 0 bridgehead atoms. The van der Waals surface area contributed by atoms with Gasteiger partial charge in [-0.1, -0.05) is 25.4 Å². The number of ether oxygens (including phenoxy) is 2. The number of hydrogen-bond acceptors (Lipinski definition) is 3. The van der Waals surface area contributed by atoms with Crippen LogP contribution < -0.4 is 9.47 Å². The molecule has 0 aliphatic heterocycles. The Kier molecular flexibility index (Phi) is 4.88. The minimum Gasteiger partial charge on any atom is -0.465 e. The first-order chi connectivity index (χ1) is 9.54. The van der Waals surface area contributed by atoms with Crippen LogP contribution in [0.4, 0.5) is 0 Å². The van der Waals surface area contributed by atoms with Gasteiger partial charge in [0.1, 0.15) is 17.2 Å². The lowest BCUT2D eigenvalue weighted by Crippen LogP contribution is -2.21. The van der Waals surface area contributed by atoms with Crippen molar-refractivity contribution in [3.8, 4) is 17.2 Å². The van der Waals surface area contributed by atoms with Crippen molar-refractivity contribution >= 4 is 11.6 Å². The molecule has 0 fully saturated rings. The number of aliphatic hydroxyl groups is 1. The maximum atomic E-state index is 9.64. The molecule has 0 radical (unpaired) electrons. The molecule has 2 aromatic rings. The van der Waals surface area contributed by atoms with E-state index in [2.05, 4.69) is 0 Å². The normalized spacial score (nSPS) is 12.2. The van der Waals surface area contributed by atoms with E-state index in [1.165, 1.54) is 0 Å². The number of rotatable bonds is 5. The summed E-state index contributed by atoms with van der Waals surface area (Å²) in [6.45, 7) is 3.78. The minimum atomic E-state index is -0.807. The second-order valence-corrected chi connectivity index (χ2v) is 5.22. The molecular formula is C16H17ClO3. The first-order valence-corrected chi connectivity index (χ1v) is 6.80. The maximum absolute atomic E-state index is 9.64. The Morgan fingerprint density at radius 3 is 1.80 bits per heavy atom. The Labute approximate surface area is 123 Å². The molecule has 0 aliphatic carbocycles. The number of aliphatic hydroxyl groups excluding tert-OH is 1. The third-order valence-corrected chi connectivity index (χ3v) is 2.95. The number of benzene rings is 2. The van der Waals surface area contributed by atoms with Crippen molar-refractivity contribution in [2.45, 2.75) is 20.1 Å². The molecule has 4 heteroatoms. The Morgan fingerprint density at radius 1 is 0.850 bits per heavy atom. The Bertz CT molecular complexity index is 535. The van der Waals surface area contributed by atoms with Crippen LogP contribution in [0.25, 0.3) is 0 Å². The third kappa shape index (κ3) is 4.15. The fourth-order valence-electron chi connectivity index (χ4n) is 1.50. The van der Waals surface area contributed by atoms with Gasteiger partial charge in [0.25, 0.3) is 0 Å². The summed E-state index contributed by atoms with van der Waals surface area (Å²) < 4.78 is 11.0. The molecular weight excluding hydrogens is 276 g/mol. The van der Waals surface area contributed by atoms with Crippen molar-refractivity contribution < 1.29 is 14.6 Å². The fourth-order valence-corrected chi connectivity index (χ4v) is 1.63. The topological polar surface area (TPSA) is 38.7 Å². The molecule has 106 valence electrons. The van der Waals surface area contributed by atoms with Crippen LogP contribution in [0.15, 0.2) is 48.5 Å². The Balaban J connectivity index is 1.99. The van der Waals surface area contributed by atoms with Crippen molar-refractivity contribution in [3.63, 3.8) is 0 Å². The van der Waals surface area contributed by atoms with E-state index in [4.69, 9.17) is 21.1 Å². The summed E-state index contributed by atoms with van der Waals surface area (Å²) in [6, 6.07) is 14.2. The zero-order chi connectivity index (χ0) is 14.5. The number of hydrogen-bond donors (Lipinski definition) is 1. The summed E-state index contributed by atoms with van der Waals surface area (Å²) >= 11 is 5.81. The van der Waals surface area contributed by atoms with E-state index in [-0.39, 0.29) is 5.92 Å². The predicted octanol–water partition coefficient (Wildman–Crippen LogP) is 4.49. The highest BCUT2D eigenvalue weighted by Gasteiger charge is 2.10. The van der Waals surface area contributed by atoms with Gasteiger partial charge in [-0.25, -0.2) is 0 Å². The average Bonchev–Trinajstić information content (AvgIpc) is 2.43. The quantitative estimate of drug-likeness (QED) is 0.826. The lowest BCUT2D eigenvalue weighted by atomic mass is 10.2. The second kappa shape index (κ2) is 6.64. The van der Waals surface area contributed by atoms with Gasteiger partial charge in [-0.2, -0.15) is 0 Å². The van der Waals surface area contributed by atoms with E-state index < -0.39 is 6.29 Å². The molecule has 1 atom stereocenters. The molecule has 2 rings (SSSR count). The van der Waals surface area contributed by atoms with E-state index in [0.29, 0.717) is 22.3 Å². The van der Waals surface area contributed by atoms with Crippen LogP contribution in [0.1, 0.15) is 13.8 Å². The van der Waals surface area contributed by atoms with Crippen molar-refractivity contribution in [2.75, 3.05) is 0 Å². The molecule has 0 saturated carbocycles. The van der Waals surface area contributed by atoms with Crippen LogP contribution >= 0.6 is 11.6 Å². The van der Waals surface area contributed by atoms with Gasteiger partial charge in [0.2, 0.25) is 0 Å². The SMILES string of the molecule is CC(C)C(O)Oc1ccc(Oc2ccc(Cl)cc2)cc1. The smallest absolute Gasteiger partial charge is 0.199 e. The van der Waals surface area contributed by atoms with Crippen molar-refractivity contribution in [1.82, 2.24) is 0 Å². The van der Waals surface area contributed by atoms with Gasteiger partial charge < -0.3 is 14.6 Å². The molecule has 0 aromatic heterocycles. The Hall–Kier alpha value is -1.71. The molecule has 0 amide bonds. The molecule has 0 aliphatic rings.